The molecule has 106 valence electrons. The Kier molecular flexibility index (Phi) is 6.17. The number of benzene rings is 1. The molecule has 0 radical (unpaired) electrons. The maximum atomic E-state index is 12.4. The lowest BCUT2D eigenvalue weighted by atomic mass is 10.1. The van der Waals surface area contributed by atoms with Crippen LogP contribution in [-0.4, -0.2) is 49.1 Å². The highest BCUT2D eigenvalue weighted by atomic mass is 79.9. The van der Waals surface area contributed by atoms with Crippen LogP contribution < -0.4 is 4.74 Å². The second-order valence-corrected chi connectivity index (χ2v) is 4.63. The van der Waals surface area contributed by atoms with E-state index in [9.17, 15) is 13.6 Å². The molecule has 0 saturated carbocycles. The van der Waals surface area contributed by atoms with Crippen LogP contribution in [0.1, 0.15) is 10.4 Å². The van der Waals surface area contributed by atoms with Crippen LogP contribution in [0.2, 0.25) is 0 Å². The summed E-state index contributed by atoms with van der Waals surface area (Å²) in [5, 5.41) is 8.84. The Balaban J connectivity index is 3.01. The van der Waals surface area contributed by atoms with Crippen LogP contribution in [0.15, 0.2) is 22.7 Å². The van der Waals surface area contributed by atoms with E-state index in [4.69, 9.17) is 9.84 Å². The molecule has 0 aliphatic heterocycles. The smallest absolute Gasteiger partial charge is 0.257 e. The Morgan fingerprint density at radius 3 is 2.74 bits per heavy atom. The highest BCUT2D eigenvalue weighted by molar-refractivity contribution is 9.10. The highest BCUT2D eigenvalue weighted by Gasteiger charge is 2.22. The molecule has 0 heterocycles. The molecule has 0 saturated heterocycles. The first kappa shape index (κ1) is 15.8. The third-order valence-electron chi connectivity index (χ3n) is 2.41. The van der Waals surface area contributed by atoms with Crippen LogP contribution in [0.25, 0.3) is 0 Å². The van der Waals surface area contributed by atoms with Gasteiger partial charge in [0, 0.05) is 11.0 Å². The predicted molar refractivity (Wildman–Crippen MR) is 69.7 cm³/mol. The summed E-state index contributed by atoms with van der Waals surface area (Å²) in [7, 11) is 1.39. The molecule has 0 bridgehead atoms. The van der Waals surface area contributed by atoms with Crippen molar-refractivity contribution < 1.29 is 23.4 Å². The summed E-state index contributed by atoms with van der Waals surface area (Å²) in [6.45, 7) is -1.25. The summed E-state index contributed by atoms with van der Waals surface area (Å²) in [6.07, 6.45) is -2.66. The van der Waals surface area contributed by atoms with Gasteiger partial charge < -0.3 is 14.7 Å². The van der Waals surface area contributed by atoms with E-state index in [1.165, 1.54) is 13.2 Å². The number of hydrogen-bond donors (Lipinski definition) is 1. The predicted octanol–water partition coefficient (Wildman–Crippen LogP) is 2.16. The van der Waals surface area contributed by atoms with Gasteiger partial charge in [-0.15, -0.1) is 0 Å². The molecule has 1 aromatic rings. The quantitative estimate of drug-likeness (QED) is 0.865. The Bertz CT molecular complexity index is 443. The number of nitrogens with zero attached hydrogens (tertiary/aromatic N) is 1. The monoisotopic (exact) mass is 337 g/mol. The first-order valence-electron chi connectivity index (χ1n) is 5.51. The minimum absolute atomic E-state index is 0.150. The van der Waals surface area contributed by atoms with Crippen molar-refractivity contribution in [2.24, 2.45) is 0 Å². The van der Waals surface area contributed by atoms with Crippen molar-refractivity contribution in [1.29, 1.82) is 0 Å². The van der Waals surface area contributed by atoms with E-state index in [2.05, 4.69) is 15.9 Å². The third kappa shape index (κ3) is 4.43. The molecule has 7 heteroatoms. The molecule has 0 aliphatic rings. The minimum Gasteiger partial charge on any atom is -0.496 e. The number of alkyl halides is 2. The van der Waals surface area contributed by atoms with Crippen LogP contribution >= 0.6 is 15.9 Å². The Morgan fingerprint density at radius 2 is 2.21 bits per heavy atom. The fourth-order valence-electron chi connectivity index (χ4n) is 1.58. The molecular weight excluding hydrogens is 324 g/mol. The maximum Gasteiger partial charge on any atom is 0.257 e. The van der Waals surface area contributed by atoms with Gasteiger partial charge in [-0.05, 0) is 18.2 Å². The molecule has 0 spiro atoms. The number of ether oxygens (including phenoxy) is 1. The summed E-state index contributed by atoms with van der Waals surface area (Å²) in [5.74, 6) is -0.310. The number of aliphatic hydroxyl groups excluding tert-OH is 1. The van der Waals surface area contributed by atoms with Gasteiger partial charge in [0.1, 0.15) is 5.75 Å². The number of amides is 1. The fraction of sp³-hybridized carbons (Fsp3) is 0.417. The number of hydrogen-bond acceptors (Lipinski definition) is 3. The third-order valence-corrected chi connectivity index (χ3v) is 2.90. The first-order valence-corrected chi connectivity index (χ1v) is 6.30. The number of carbonyl (C=O) groups excluding carboxylic acids is 1. The minimum atomic E-state index is -2.66. The number of aliphatic hydroxyl groups is 1. The van der Waals surface area contributed by atoms with Crippen molar-refractivity contribution in [2.75, 3.05) is 26.8 Å². The van der Waals surface area contributed by atoms with E-state index in [0.29, 0.717) is 4.47 Å². The zero-order valence-corrected chi connectivity index (χ0v) is 11.9. The van der Waals surface area contributed by atoms with Crippen molar-refractivity contribution >= 4 is 21.8 Å². The lowest BCUT2D eigenvalue weighted by molar-refractivity contribution is 0.0506. The van der Waals surface area contributed by atoms with E-state index < -0.39 is 18.9 Å². The molecule has 19 heavy (non-hydrogen) atoms. The second-order valence-electron chi connectivity index (χ2n) is 3.71. The average Bonchev–Trinajstić information content (AvgIpc) is 2.36. The van der Waals surface area contributed by atoms with Crippen LogP contribution in [-0.2, 0) is 0 Å². The Labute approximate surface area is 118 Å². The van der Waals surface area contributed by atoms with Gasteiger partial charge >= 0.3 is 0 Å². The van der Waals surface area contributed by atoms with E-state index in [1.807, 2.05) is 0 Å². The fourth-order valence-corrected chi connectivity index (χ4v) is 1.92. The second kappa shape index (κ2) is 7.40. The number of methoxy groups -OCH3 is 1. The zero-order chi connectivity index (χ0) is 14.4. The summed E-state index contributed by atoms with van der Waals surface area (Å²) in [6, 6.07) is 4.68. The molecule has 0 atom stereocenters. The van der Waals surface area contributed by atoms with E-state index >= 15 is 0 Å². The van der Waals surface area contributed by atoms with Crippen molar-refractivity contribution in [1.82, 2.24) is 4.90 Å². The largest absolute Gasteiger partial charge is 0.496 e. The van der Waals surface area contributed by atoms with E-state index in [-0.39, 0.29) is 24.5 Å². The number of carbonyl (C=O) groups is 1. The molecule has 4 nitrogen and oxygen atoms in total. The van der Waals surface area contributed by atoms with Gasteiger partial charge in [-0.1, -0.05) is 15.9 Å². The molecule has 1 N–H and O–H groups in total. The van der Waals surface area contributed by atoms with Gasteiger partial charge in [0.05, 0.1) is 25.8 Å². The highest BCUT2D eigenvalue weighted by Crippen LogP contribution is 2.24. The van der Waals surface area contributed by atoms with Crippen LogP contribution in [0.3, 0.4) is 0 Å². The Hall–Kier alpha value is -1.21. The molecular formula is C12H14BrF2NO3. The summed E-state index contributed by atoms with van der Waals surface area (Å²) < 4.78 is 30.6. The molecule has 0 fully saturated rings. The average molecular weight is 338 g/mol. The molecule has 0 unspecified atom stereocenters. The van der Waals surface area contributed by atoms with Crippen LogP contribution in [0.5, 0.6) is 5.75 Å². The SMILES string of the molecule is COc1cc(Br)ccc1C(=O)N(CCO)CC(F)F. The maximum absolute atomic E-state index is 12.4. The lowest BCUT2D eigenvalue weighted by Gasteiger charge is -2.22. The van der Waals surface area contributed by atoms with Crippen LogP contribution in [0.4, 0.5) is 8.78 Å². The summed E-state index contributed by atoms with van der Waals surface area (Å²) >= 11 is 3.23. The molecule has 0 aliphatic carbocycles. The Morgan fingerprint density at radius 1 is 1.53 bits per heavy atom. The van der Waals surface area contributed by atoms with Crippen molar-refractivity contribution in [2.45, 2.75) is 6.43 Å². The standard InChI is InChI=1S/C12H14BrF2NO3/c1-19-10-6-8(13)2-3-9(10)12(18)16(4-5-17)7-11(14)15/h2-3,6,11,17H,4-5,7H2,1H3. The van der Waals surface area contributed by atoms with Gasteiger partial charge in [0.25, 0.3) is 12.3 Å². The topological polar surface area (TPSA) is 49.8 Å². The lowest BCUT2D eigenvalue weighted by Crippen LogP contribution is -2.37. The van der Waals surface area contributed by atoms with Crippen molar-refractivity contribution in [3.63, 3.8) is 0 Å². The summed E-state index contributed by atoms with van der Waals surface area (Å²) in [4.78, 5) is 13.0. The van der Waals surface area contributed by atoms with Gasteiger partial charge in [0.2, 0.25) is 0 Å². The van der Waals surface area contributed by atoms with Crippen molar-refractivity contribution in [3.05, 3.63) is 28.2 Å². The van der Waals surface area contributed by atoms with Gasteiger partial charge in [-0.3, -0.25) is 4.79 Å². The normalized spacial score (nSPS) is 10.6. The first-order chi connectivity index (χ1) is 8.99. The summed E-state index contributed by atoms with van der Waals surface area (Å²) in [5.41, 5.74) is 0.180. The van der Waals surface area contributed by atoms with E-state index in [1.54, 1.807) is 12.1 Å². The van der Waals surface area contributed by atoms with Gasteiger partial charge in [-0.25, -0.2) is 8.78 Å². The molecule has 1 amide bonds. The molecule has 1 rings (SSSR count). The van der Waals surface area contributed by atoms with Crippen LogP contribution in [0, 0.1) is 0 Å². The molecule has 1 aromatic carbocycles. The number of rotatable bonds is 6. The van der Waals surface area contributed by atoms with Gasteiger partial charge in [0.15, 0.2) is 0 Å². The number of halogens is 3. The van der Waals surface area contributed by atoms with Crippen molar-refractivity contribution in [3.8, 4) is 5.75 Å². The van der Waals surface area contributed by atoms with E-state index in [0.717, 1.165) is 4.90 Å². The van der Waals surface area contributed by atoms with Gasteiger partial charge in [-0.2, -0.15) is 0 Å². The zero-order valence-electron chi connectivity index (χ0n) is 10.3. The molecule has 0 aromatic heterocycles.